The van der Waals surface area contributed by atoms with E-state index in [9.17, 15) is 9.50 Å². The van der Waals surface area contributed by atoms with Crippen molar-refractivity contribution in [2.75, 3.05) is 0 Å². The van der Waals surface area contributed by atoms with Crippen LogP contribution in [0.3, 0.4) is 0 Å². The second-order valence-electron chi connectivity index (χ2n) is 5.44. The summed E-state index contributed by atoms with van der Waals surface area (Å²) in [5.41, 5.74) is 2.33. The molecule has 4 nitrogen and oxygen atoms in total. The Labute approximate surface area is 128 Å². The molecule has 1 aliphatic carbocycles. The molecule has 21 heavy (non-hydrogen) atoms. The number of amidine groups is 1. The summed E-state index contributed by atoms with van der Waals surface area (Å²) in [5.74, 6) is -0.114. The predicted octanol–water partition coefficient (Wildman–Crippen LogP) is 3.82. The SMILES string of the molecule is ONC(CC(O)C1CCCCC1)=Nc1ccc(Cl)c(F)c1. The van der Waals surface area contributed by atoms with E-state index in [4.69, 9.17) is 16.8 Å². The first-order chi connectivity index (χ1) is 10.1. The Morgan fingerprint density at radius 3 is 2.71 bits per heavy atom. The number of halogens is 2. The quantitative estimate of drug-likeness (QED) is 0.450. The molecule has 0 radical (unpaired) electrons. The molecule has 1 aromatic carbocycles. The van der Waals surface area contributed by atoms with Crippen LogP contribution in [0.2, 0.25) is 5.02 Å². The monoisotopic (exact) mass is 314 g/mol. The molecule has 3 N–H and O–H groups in total. The molecular weight excluding hydrogens is 295 g/mol. The summed E-state index contributed by atoms with van der Waals surface area (Å²) in [7, 11) is 0. The van der Waals surface area contributed by atoms with E-state index < -0.39 is 11.9 Å². The minimum absolute atomic E-state index is 0.0229. The van der Waals surface area contributed by atoms with E-state index in [1.165, 1.54) is 18.6 Å². The maximum atomic E-state index is 13.4. The first-order valence-corrected chi connectivity index (χ1v) is 7.58. The van der Waals surface area contributed by atoms with Gasteiger partial charge in [-0.1, -0.05) is 30.9 Å². The van der Waals surface area contributed by atoms with Crippen LogP contribution in [0.25, 0.3) is 0 Å². The number of nitrogens with zero attached hydrogens (tertiary/aromatic N) is 1. The van der Waals surface area contributed by atoms with Crippen LogP contribution < -0.4 is 5.48 Å². The summed E-state index contributed by atoms with van der Waals surface area (Å²) < 4.78 is 13.4. The van der Waals surface area contributed by atoms with Crippen LogP contribution in [-0.2, 0) is 0 Å². The maximum Gasteiger partial charge on any atom is 0.143 e. The number of nitrogens with one attached hydrogen (secondary N) is 1. The molecule has 1 unspecified atom stereocenters. The van der Waals surface area contributed by atoms with E-state index >= 15 is 0 Å². The van der Waals surface area contributed by atoms with Gasteiger partial charge in [0.15, 0.2) is 0 Å². The molecule has 0 amide bonds. The molecule has 116 valence electrons. The fourth-order valence-corrected chi connectivity index (χ4v) is 2.83. The van der Waals surface area contributed by atoms with Gasteiger partial charge in [-0.05, 0) is 30.9 Å². The van der Waals surface area contributed by atoms with Gasteiger partial charge in [0.25, 0.3) is 0 Å². The maximum absolute atomic E-state index is 13.4. The van der Waals surface area contributed by atoms with Crippen molar-refractivity contribution in [3.63, 3.8) is 0 Å². The van der Waals surface area contributed by atoms with Gasteiger partial charge in [-0.2, -0.15) is 0 Å². The van der Waals surface area contributed by atoms with Crippen molar-refractivity contribution in [2.45, 2.75) is 44.6 Å². The topological polar surface area (TPSA) is 64.8 Å². The third-order valence-electron chi connectivity index (χ3n) is 3.89. The van der Waals surface area contributed by atoms with Gasteiger partial charge in [0.1, 0.15) is 11.7 Å². The van der Waals surface area contributed by atoms with E-state index in [1.807, 2.05) is 5.48 Å². The summed E-state index contributed by atoms with van der Waals surface area (Å²) >= 11 is 5.61. The normalized spacial score (nSPS) is 18.6. The number of hydroxylamine groups is 1. The number of aliphatic imine (C=N–C) groups is 1. The molecule has 0 heterocycles. The third-order valence-corrected chi connectivity index (χ3v) is 4.20. The summed E-state index contributed by atoms with van der Waals surface area (Å²) in [6, 6.07) is 4.14. The van der Waals surface area contributed by atoms with Gasteiger partial charge < -0.3 is 5.11 Å². The van der Waals surface area contributed by atoms with Crippen LogP contribution in [0.1, 0.15) is 38.5 Å². The fourth-order valence-electron chi connectivity index (χ4n) is 2.71. The van der Waals surface area contributed by atoms with E-state index in [0.717, 1.165) is 25.7 Å². The van der Waals surface area contributed by atoms with Crippen LogP contribution in [0.4, 0.5) is 10.1 Å². The summed E-state index contributed by atoms with van der Waals surface area (Å²) in [5, 5.41) is 19.4. The molecule has 1 aromatic rings. The second-order valence-corrected chi connectivity index (χ2v) is 5.85. The van der Waals surface area contributed by atoms with Crippen LogP contribution in [0.5, 0.6) is 0 Å². The standard InChI is InChI=1S/C15H20ClFN2O2/c16-12-7-6-11(8-13(12)17)18-15(19-21)9-14(20)10-4-2-1-3-5-10/h6-8,10,14,20-21H,1-5,9H2,(H,18,19). The molecule has 0 bridgehead atoms. The van der Waals surface area contributed by atoms with Crippen molar-refractivity contribution < 1.29 is 14.7 Å². The molecule has 1 aliphatic rings. The van der Waals surface area contributed by atoms with E-state index in [1.54, 1.807) is 6.07 Å². The van der Waals surface area contributed by atoms with Crippen LogP contribution in [-0.4, -0.2) is 22.3 Å². The molecule has 0 aromatic heterocycles. The smallest absolute Gasteiger partial charge is 0.143 e. The van der Waals surface area contributed by atoms with Gasteiger partial charge in [-0.25, -0.2) is 9.38 Å². The Morgan fingerprint density at radius 1 is 1.38 bits per heavy atom. The highest BCUT2D eigenvalue weighted by Crippen LogP contribution is 2.28. The average molecular weight is 315 g/mol. The zero-order chi connectivity index (χ0) is 15.2. The summed E-state index contributed by atoms with van der Waals surface area (Å²) in [6.07, 6.45) is 5.12. The van der Waals surface area contributed by atoms with Gasteiger partial charge in [-0.15, -0.1) is 0 Å². The minimum atomic E-state index is -0.567. The number of rotatable bonds is 4. The molecule has 1 saturated carbocycles. The fraction of sp³-hybridized carbons (Fsp3) is 0.533. The predicted molar refractivity (Wildman–Crippen MR) is 80.6 cm³/mol. The third kappa shape index (κ3) is 4.66. The first-order valence-electron chi connectivity index (χ1n) is 7.21. The Balaban J connectivity index is 2.03. The molecule has 0 saturated heterocycles. The lowest BCUT2D eigenvalue weighted by molar-refractivity contribution is 0.0875. The Bertz CT molecular complexity index is 504. The van der Waals surface area contributed by atoms with Gasteiger partial charge in [0.05, 0.1) is 16.8 Å². The van der Waals surface area contributed by atoms with E-state index in [0.29, 0.717) is 5.69 Å². The van der Waals surface area contributed by atoms with Crippen molar-refractivity contribution in [3.8, 4) is 0 Å². The van der Waals surface area contributed by atoms with Crippen molar-refractivity contribution >= 4 is 23.1 Å². The molecule has 1 atom stereocenters. The zero-order valence-electron chi connectivity index (χ0n) is 11.7. The van der Waals surface area contributed by atoms with Crippen LogP contribution >= 0.6 is 11.6 Å². The van der Waals surface area contributed by atoms with E-state index in [2.05, 4.69) is 4.99 Å². The Morgan fingerprint density at radius 2 is 2.10 bits per heavy atom. The minimum Gasteiger partial charge on any atom is -0.392 e. The lowest BCUT2D eigenvalue weighted by atomic mass is 9.84. The highest BCUT2D eigenvalue weighted by atomic mass is 35.5. The molecule has 1 fully saturated rings. The molecule has 0 spiro atoms. The lowest BCUT2D eigenvalue weighted by Crippen LogP contribution is -2.30. The zero-order valence-corrected chi connectivity index (χ0v) is 12.5. The summed E-state index contributed by atoms with van der Waals surface area (Å²) in [6.45, 7) is 0. The highest BCUT2D eigenvalue weighted by molar-refractivity contribution is 6.30. The number of aliphatic hydroxyl groups excluding tert-OH is 1. The van der Waals surface area contributed by atoms with Gasteiger partial charge in [0.2, 0.25) is 0 Å². The average Bonchev–Trinajstić information content (AvgIpc) is 2.51. The second kappa shape index (κ2) is 7.73. The highest BCUT2D eigenvalue weighted by Gasteiger charge is 2.23. The lowest BCUT2D eigenvalue weighted by Gasteiger charge is -2.26. The van der Waals surface area contributed by atoms with Gasteiger partial charge in [-0.3, -0.25) is 10.7 Å². The van der Waals surface area contributed by atoms with Crippen molar-refractivity contribution in [3.05, 3.63) is 29.0 Å². The van der Waals surface area contributed by atoms with E-state index in [-0.39, 0.29) is 23.2 Å². The molecule has 0 aliphatic heterocycles. The largest absolute Gasteiger partial charge is 0.392 e. The van der Waals surface area contributed by atoms with Crippen molar-refractivity contribution in [1.29, 1.82) is 0 Å². The first kappa shape index (κ1) is 16.2. The molecular formula is C15H20ClFN2O2. The number of hydrogen-bond acceptors (Lipinski definition) is 3. The van der Waals surface area contributed by atoms with Crippen LogP contribution in [0.15, 0.2) is 23.2 Å². The van der Waals surface area contributed by atoms with Crippen molar-refractivity contribution in [2.24, 2.45) is 10.9 Å². The number of aliphatic hydroxyl groups is 1. The Hall–Kier alpha value is -1.17. The summed E-state index contributed by atoms with van der Waals surface area (Å²) in [4.78, 5) is 4.11. The van der Waals surface area contributed by atoms with Gasteiger partial charge in [0, 0.05) is 12.5 Å². The van der Waals surface area contributed by atoms with Gasteiger partial charge >= 0.3 is 0 Å². The molecule has 2 rings (SSSR count). The number of hydrogen-bond donors (Lipinski definition) is 3. The van der Waals surface area contributed by atoms with Crippen LogP contribution in [0, 0.1) is 11.7 Å². The molecule has 6 heteroatoms. The van der Waals surface area contributed by atoms with Crippen molar-refractivity contribution in [1.82, 2.24) is 5.48 Å². The Kier molecular flexibility index (Phi) is 5.96. The number of benzene rings is 1.